The number of carbonyl (C=O) groups excluding carboxylic acids is 1. The lowest BCUT2D eigenvalue weighted by atomic mass is 9.49. The number of rotatable bonds is 2. The molecule has 0 atom stereocenters. The normalized spacial score (nSPS) is 36.7. The number of nitrogens with two attached hydrogens (primary N) is 1. The molecule has 4 heteroatoms. The van der Waals surface area contributed by atoms with Crippen LogP contribution in [0.3, 0.4) is 0 Å². The number of pyridine rings is 1. The molecule has 1 amide bonds. The van der Waals surface area contributed by atoms with Gasteiger partial charge in [0.2, 0.25) is 5.91 Å². The van der Waals surface area contributed by atoms with Crippen molar-refractivity contribution in [1.29, 1.82) is 0 Å². The Hall–Kier alpha value is -1.58. The van der Waals surface area contributed by atoms with Crippen molar-refractivity contribution in [3.8, 4) is 0 Å². The lowest BCUT2D eigenvalue weighted by Crippen LogP contribution is -2.51. The maximum absolute atomic E-state index is 12.9. The van der Waals surface area contributed by atoms with E-state index in [1.165, 1.54) is 19.3 Å². The Kier molecular flexibility index (Phi) is 2.78. The van der Waals surface area contributed by atoms with Crippen molar-refractivity contribution >= 4 is 17.4 Å². The van der Waals surface area contributed by atoms with Crippen LogP contribution >= 0.6 is 0 Å². The molecule has 0 unspecified atom stereocenters. The summed E-state index contributed by atoms with van der Waals surface area (Å²) in [5.41, 5.74) is 7.30. The molecule has 4 saturated carbocycles. The van der Waals surface area contributed by atoms with Gasteiger partial charge in [0.25, 0.3) is 0 Å². The van der Waals surface area contributed by atoms with Crippen molar-refractivity contribution in [2.24, 2.45) is 23.2 Å². The van der Waals surface area contributed by atoms with Crippen molar-refractivity contribution < 1.29 is 4.79 Å². The molecule has 3 N–H and O–H groups in total. The molecule has 4 nitrogen and oxygen atoms in total. The van der Waals surface area contributed by atoms with Crippen molar-refractivity contribution in [2.45, 2.75) is 45.4 Å². The van der Waals surface area contributed by atoms with E-state index in [2.05, 4.69) is 10.3 Å². The molecule has 1 heterocycles. The summed E-state index contributed by atoms with van der Waals surface area (Å²) in [6, 6.07) is 1.87. The SMILES string of the molecule is Cc1cc(NC(=O)C23CC4CC(CC(C4)C2)C3)ncc1N. The number of aromatic nitrogens is 1. The summed E-state index contributed by atoms with van der Waals surface area (Å²) in [4.78, 5) is 17.1. The average molecular weight is 285 g/mol. The fourth-order valence-corrected chi connectivity index (χ4v) is 5.27. The molecular weight excluding hydrogens is 262 g/mol. The van der Waals surface area contributed by atoms with Gasteiger partial charge in [0.05, 0.1) is 17.3 Å². The fourth-order valence-electron chi connectivity index (χ4n) is 5.27. The molecule has 0 spiro atoms. The Morgan fingerprint density at radius 2 is 1.81 bits per heavy atom. The van der Waals surface area contributed by atoms with E-state index in [0.717, 1.165) is 42.6 Å². The summed E-state index contributed by atoms with van der Waals surface area (Å²) in [6.45, 7) is 1.94. The maximum Gasteiger partial charge on any atom is 0.231 e. The lowest BCUT2D eigenvalue weighted by Gasteiger charge is -2.55. The molecule has 4 aliphatic carbocycles. The molecule has 21 heavy (non-hydrogen) atoms. The molecule has 0 radical (unpaired) electrons. The molecule has 4 bridgehead atoms. The molecular formula is C17H23N3O. The number of aryl methyl sites for hydroxylation is 1. The maximum atomic E-state index is 12.9. The van der Waals surface area contributed by atoms with E-state index in [1.54, 1.807) is 6.20 Å². The summed E-state index contributed by atoms with van der Waals surface area (Å²) in [6.07, 6.45) is 8.93. The van der Waals surface area contributed by atoms with Crippen LogP contribution in [0.15, 0.2) is 12.3 Å². The molecule has 4 fully saturated rings. The zero-order valence-corrected chi connectivity index (χ0v) is 12.6. The van der Waals surface area contributed by atoms with E-state index in [4.69, 9.17) is 5.73 Å². The van der Waals surface area contributed by atoms with Gasteiger partial charge in [-0.05, 0) is 74.8 Å². The van der Waals surface area contributed by atoms with Gasteiger partial charge in [-0.3, -0.25) is 4.79 Å². The van der Waals surface area contributed by atoms with Gasteiger partial charge in [0.1, 0.15) is 5.82 Å². The van der Waals surface area contributed by atoms with Crippen LogP contribution in [0.4, 0.5) is 11.5 Å². The highest BCUT2D eigenvalue weighted by Crippen LogP contribution is 2.60. The largest absolute Gasteiger partial charge is 0.397 e. The number of hydrogen-bond donors (Lipinski definition) is 2. The Bertz CT molecular complexity index is 560. The van der Waals surface area contributed by atoms with Gasteiger partial charge in [-0.25, -0.2) is 4.98 Å². The van der Waals surface area contributed by atoms with Crippen molar-refractivity contribution in [3.05, 3.63) is 17.8 Å². The van der Waals surface area contributed by atoms with Crippen molar-refractivity contribution in [3.63, 3.8) is 0 Å². The van der Waals surface area contributed by atoms with E-state index in [0.29, 0.717) is 11.5 Å². The third-order valence-electron chi connectivity index (χ3n) is 5.91. The second-order valence-corrected chi connectivity index (χ2v) is 7.58. The number of carbonyl (C=O) groups is 1. The summed E-state index contributed by atoms with van der Waals surface area (Å²) >= 11 is 0. The van der Waals surface area contributed by atoms with Gasteiger partial charge in [0.15, 0.2) is 0 Å². The van der Waals surface area contributed by atoms with Crippen LogP contribution in [-0.2, 0) is 4.79 Å². The van der Waals surface area contributed by atoms with Crippen molar-refractivity contribution in [1.82, 2.24) is 4.98 Å². The van der Waals surface area contributed by atoms with Gasteiger partial charge in [-0.15, -0.1) is 0 Å². The van der Waals surface area contributed by atoms with E-state index in [9.17, 15) is 4.79 Å². The van der Waals surface area contributed by atoms with Gasteiger partial charge >= 0.3 is 0 Å². The zero-order chi connectivity index (χ0) is 14.6. The standard InChI is InChI=1S/C17H23N3O/c1-10-2-15(19-9-14(10)18)20-16(21)17-6-11-3-12(7-17)5-13(4-11)8-17/h2,9,11-13H,3-8,18H2,1H3,(H,19,20,21). The zero-order valence-electron chi connectivity index (χ0n) is 12.6. The van der Waals surface area contributed by atoms with Crippen LogP contribution in [0.1, 0.15) is 44.1 Å². The monoisotopic (exact) mass is 285 g/mol. The number of nitrogen functional groups attached to an aromatic ring is 1. The number of amides is 1. The quantitative estimate of drug-likeness (QED) is 0.877. The van der Waals surface area contributed by atoms with Gasteiger partial charge < -0.3 is 11.1 Å². The number of anilines is 2. The molecule has 0 aliphatic heterocycles. The highest BCUT2D eigenvalue weighted by Gasteiger charge is 2.54. The predicted octanol–water partition coefficient (Wildman–Crippen LogP) is 3.13. The Morgan fingerprint density at radius 1 is 1.24 bits per heavy atom. The van der Waals surface area contributed by atoms with E-state index in [-0.39, 0.29) is 11.3 Å². The van der Waals surface area contributed by atoms with Crippen LogP contribution in [0.25, 0.3) is 0 Å². The highest BCUT2D eigenvalue weighted by atomic mass is 16.2. The molecule has 0 aromatic carbocycles. The van der Waals surface area contributed by atoms with Crippen LogP contribution < -0.4 is 11.1 Å². The molecule has 4 aliphatic rings. The molecule has 1 aromatic rings. The molecule has 5 rings (SSSR count). The van der Waals surface area contributed by atoms with Crippen LogP contribution in [0, 0.1) is 30.1 Å². The second kappa shape index (κ2) is 4.46. The Morgan fingerprint density at radius 3 is 2.33 bits per heavy atom. The van der Waals surface area contributed by atoms with Gasteiger partial charge in [0, 0.05) is 0 Å². The highest BCUT2D eigenvalue weighted by molar-refractivity contribution is 5.95. The first-order chi connectivity index (χ1) is 10.0. The fraction of sp³-hybridized carbons (Fsp3) is 0.647. The van der Waals surface area contributed by atoms with E-state index in [1.807, 2.05) is 13.0 Å². The van der Waals surface area contributed by atoms with Crippen LogP contribution in [0.5, 0.6) is 0 Å². The summed E-state index contributed by atoms with van der Waals surface area (Å²) in [5.74, 6) is 3.18. The minimum Gasteiger partial charge on any atom is -0.397 e. The third-order valence-corrected chi connectivity index (χ3v) is 5.91. The first kappa shape index (κ1) is 13.1. The third kappa shape index (κ3) is 2.12. The van der Waals surface area contributed by atoms with E-state index >= 15 is 0 Å². The van der Waals surface area contributed by atoms with Gasteiger partial charge in [-0.2, -0.15) is 0 Å². The summed E-state index contributed by atoms with van der Waals surface area (Å²) in [7, 11) is 0. The Labute approximate surface area is 125 Å². The first-order valence-corrected chi connectivity index (χ1v) is 8.08. The van der Waals surface area contributed by atoms with Gasteiger partial charge in [-0.1, -0.05) is 0 Å². The minimum absolute atomic E-state index is 0.119. The summed E-state index contributed by atoms with van der Waals surface area (Å²) in [5, 5.41) is 3.06. The van der Waals surface area contributed by atoms with Crippen LogP contribution in [-0.4, -0.2) is 10.9 Å². The smallest absolute Gasteiger partial charge is 0.231 e. The topological polar surface area (TPSA) is 68.0 Å². The second-order valence-electron chi connectivity index (χ2n) is 7.58. The summed E-state index contributed by atoms with van der Waals surface area (Å²) < 4.78 is 0. The number of hydrogen-bond acceptors (Lipinski definition) is 3. The lowest BCUT2D eigenvalue weighted by molar-refractivity contribution is -0.140. The first-order valence-electron chi connectivity index (χ1n) is 8.08. The molecule has 1 aromatic heterocycles. The minimum atomic E-state index is -0.119. The number of nitrogens with one attached hydrogen (secondary N) is 1. The van der Waals surface area contributed by atoms with Crippen LogP contribution in [0.2, 0.25) is 0 Å². The molecule has 0 saturated heterocycles. The van der Waals surface area contributed by atoms with Crippen molar-refractivity contribution in [2.75, 3.05) is 11.1 Å². The predicted molar refractivity (Wildman–Crippen MR) is 82.6 cm³/mol. The average Bonchev–Trinajstić information content (AvgIpc) is 2.41. The Balaban J connectivity index is 1.56. The van der Waals surface area contributed by atoms with E-state index < -0.39 is 0 Å². The number of nitrogens with zero attached hydrogens (tertiary/aromatic N) is 1. The molecule has 112 valence electrons.